The number of hydrogen-bond donors (Lipinski definition) is 1. The lowest BCUT2D eigenvalue weighted by Crippen LogP contribution is -2.51. The minimum Gasteiger partial charge on any atom is -0.481 e. The monoisotopic (exact) mass is 340 g/mol. The number of hydrogen-bond acceptors (Lipinski definition) is 3. The van der Waals surface area contributed by atoms with E-state index in [9.17, 15) is 9.59 Å². The lowest BCUT2D eigenvalue weighted by Gasteiger charge is -2.36. The molecule has 0 radical (unpaired) electrons. The zero-order valence-electron chi connectivity index (χ0n) is 13.5. The van der Waals surface area contributed by atoms with Gasteiger partial charge in [-0.3, -0.25) is 14.5 Å². The molecule has 1 heterocycles. The third-order valence-electron chi connectivity index (χ3n) is 4.16. The second-order valence-electron chi connectivity index (χ2n) is 5.81. The van der Waals surface area contributed by atoms with Gasteiger partial charge in [0.05, 0.1) is 6.04 Å². The number of aliphatic carboxylic acids is 1. The summed E-state index contributed by atoms with van der Waals surface area (Å²) in [5.41, 5.74) is 0.955. The predicted molar refractivity (Wildman–Crippen MR) is 93.2 cm³/mol. The second-order valence-corrected chi connectivity index (χ2v) is 5.81. The van der Waals surface area contributed by atoms with E-state index in [-0.39, 0.29) is 30.8 Å². The Hall–Kier alpha value is -1.59. The van der Waals surface area contributed by atoms with Crippen LogP contribution in [0.2, 0.25) is 0 Å². The number of carboxylic acid groups (broad SMARTS) is 1. The molecule has 1 aromatic carbocycles. The summed E-state index contributed by atoms with van der Waals surface area (Å²) >= 11 is 0. The molecule has 1 N–H and O–H groups in total. The number of halogens is 1. The third-order valence-corrected chi connectivity index (χ3v) is 4.16. The Kier molecular flexibility index (Phi) is 8.06. The van der Waals surface area contributed by atoms with Gasteiger partial charge in [0.2, 0.25) is 5.91 Å². The fourth-order valence-electron chi connectivity index (χ4n) is 2.92. The zero-order valence-corrected chi connectivity index (χ0v) is 14.3. The van der Waals surface area contributed by atoms with Crippen LogP contribution in [0.1, 0.15) is 32.1 Å². The van der Waals surface area contributed by atoms with E-state index in [2.05, 4.69) is 4.90 Å². The highest BCUT2D eigenvalue weighted by atomic mass is 35.5. The Morgan fingerprint density at radius 3 is 2.65 bits per heavy atom. The molecule has 1 aromatic rings. The van der Waals surface area contributed by atoms with Crippen LogP contribution in [0.5, 0.6) is 0 Å². The lowest BCUT2D eigenvalue weighted by molar-refractivity contribution is -0.137. The van der Waals surface area contributed by atoms with Crippen molar-refractivity contribution in [1.82, 2.24) is 4.90 Å². The maximum atomic E-state index is 12.7. The van der Waals surface area contributed by atoms with Gasteiger partial charge in [-0.05, 0) is 51.4 Å². The highest BCUT2D eigenvalue weighted by Gasteiger charge is 2.31. The van der Waals surface area contributed by atoms with Crippen LogP contribution < -0.4 is 4.90 Å². The summed E-state index contributed by atoms with van der Waals surface area (Å²) in [7, 11) is 1.96. The smallest absolute Gasteiger partial charge is 0.303 e. The van der Waals surface area contributed by atoms with Crippen molar-refractivity contribution in [3.63, 3.8) is 0 Å². The van der Waals surface area contributed by atoms with Gasteiger partial charge in [0.15, 0.2) is 0 Å². The first-order valence-electron chi connectivity index (χ1n) is 7.88. The quantitative estimate of drug-likeness (QED) is 0.775. The molecule has 128 valence electrons. The van der Waals surface area contributed by atoms with E-state index >= 15 is 0 Å². The van der Waals surface area contributed by atoms with Crippen molar-refractivity contribution in [1.29, 1.82) is 0 Å². The second kappa shape index (κ2) is 9.53. The molecular formula is C17H25ClN2O3. The van der Waals surface area contributed by atoms with Crippen molar-refractivity contribution in [2.24, 2.45) is 0 Å². The molecule has 5 nitrogen and oxygen atoms in total. The minimum atomic E-state index is -0.758. The van der Waals surface area contributed by atoms with Crippen LogP contribution in [-0.2, 0) is 9.59 Å². The zero-order chi connectivity index (χ0) is 15.9. The van der Waals surface area contributed by atoms with Crippen molar-refractivity contribution in [2.45, 2.75) is 38.1 Å². The summed E-state index contributed by atoms with van der Waals surface area (Å²) < 4.78 is 0. The van der Waals surface area contributed by atoms with E-state index < -0.39 is 5.97 Å². The molecule has 1 aliphatic rings. The van der Waals surface area contributed by atoms with E-state index in [1.165, 1.54) is 0 Å². The number of carboxylic acids is 1. The number of likely N-dealkylation sites (N-methyl/N-ethyl adjacent to an activating group) is 1. The van der Waals surface area contributed by atoms with Crippen LogP contribution in [-0.4, -0.2) is 48.1 Å². The highest BCUT2D eigenvalue weighted by Crippen LogP contribution is 2.23. The number of amides is 1. The van der Waals surface area contributed by atoms with Crippen molar-refractivity contribution in [3.8, 4) is 0 Å². The van der Waals surface area contributed by atoms with Crippen molar-refractivity contribution < 1.29 is 14.7 Å². The average Bonchev–Trinajstić information content (AvgIpc) is 2.52. The molecule has 0 spiro atoms. The van der Waals surface area contributed by atoms with Gasteiger partial charge in [0, 0.05) is 18.7 Å². The predicted octanol–water partition coefficient (Wildman–Crippen LogP) is 2.79. The molecule has 1 saturated heterocycles. The number of para-hydroxylation sites is 1. The number of anilines is 1. The van der Waals surface area contributed by atoms with Gasteiger partial charge in [-0.25, -0.2) is 0 Å². The van der Waals surface area contributed by atoms with Gasteiger partial charge in [0.1, 0.15) is 0 Å². The number of nitrogens with zero attached hydrogens (tertiary/aromatic N) is 2. The topological polar surface area (TPSA) is 60.9 Å². The first kappa shape index (κ1) is 19.5. The van der Waals surface area contributed by atoms with Crippen molar-refractivity contribution >= 4 is 30.0 Å². The third kappa shape index (κ3) is 5.52. The van der Waals surface area contributed by atoms with Gasteiger partial charge in [0.25, 0.3) is 0 Å². The Balaban J connectivity index is 0.00000264. The lowest BCUT2D eigenvalue weighted by atomic mass is 10.0. The van der Waals surface area contributed by atoms with E-state index in [1.54, 1.807) is 0 Å². The van der Waals surface area contributed by atoms with Gasteiger partial charge in [-0.2, -0.15) is 0 Å². The summed E-state index contributed by atoms with van der Waals surface area (Å²) in [4.78, 5) is 27.2. The largest absolute Gasteiger partial charge is 0.481 e. The molecule has 6 heteroatoms. The minimum absolute atomic E-state index is 0. The van der Waals surface area contributed by atoms with Gasteiger partial charge in [-0.15, -0.1) is 12.4 Å². The normalized spacial score (nSPS) is 17.9. The summed E-state index contributed by atoms with van der Waals surface area (Å²) in [6.07, 6.45) is 3.52. The van der Waals surface area contributed by atoms with E-state index in [0.29, 0.717) is 6.42 Å². The number of benzene rings is 1. The molecular weight excluding hydrogens is 316 g/mol. The number of piperidine rings is 1. The Morgan fingerprint density at radius 2 is 2.00 bits per heavy atom. The van der Waals surface area contributed by atoms with Crippen LogP contribution in [0.3, 0.4) is 0 Å². The van der Waals surface area contributed by atoms with Gasteiger partial charge >= 0.3 is 5.97 Å². The van der Waals surface area contributed by atoms with Crippen molar-refractivity contribution in [2.75, 3.05) is 25.0 Å². The Labute approximate surface area is 143 Å². The van der Waals surface area contributed by atoms with Gasteiger partial charge in [-0.1, -0.05) is 18.2 Å². The maximum absolute atomic E-state index is 12.7. The van der Waals surface area contributed by atoms with E-state index in [1.807, 2.05) is 42.3 Å². The molecule has 1 atom stereocenters. The Morgan fingerprint density at radius 1 is 1.30 bits per heavy atom. The number of carbonyl (C=O) groups excluding carboxylic acids is 1. The molecule has 23 heavy (non-hydrogen) atoms. The van der Waals surface area contributed by atoms with Crippen LogP contribution in [0.25, 0.3) is 0 Å². The summed E-state index contributed by atoms with van der Waals surface area (Å²) in [6, 6.07) is 9.67. The summed E-state index contributed by atoms with van der Waals surface area (Å²) in [5.74, 6) is -0.607. The molecule has 2 rings (SSSR count). The highest BCUT2D eigenvalue weighted by molar-refractivity contribution is 5.97. The maximum Gasteiger partial charge on any atom is 0.303 e. The van der Waals surface area contributed by atoms with Crippen LogP contribution in [0, 0.1) is 0 Å². The first-order valence-corrected chi connectivity index (χ1v) is 7.88. The van der Waals surface area contributed by atoms with Crippen LogP contribution >= 0.6 is 12.4 Å². The van der Waals surface area contributed by atoms with Crippen LogP contribution in [0.4, 0.5) is 5.69 Å². The fraction of sp³-hybridized carbons (Fsp3) is 0.529. The Bertz CT molecular complexity index is 510. The molecule has 1 fully saturated rings. The molecule has 0 bridgehead atoms. The fourth-order valence-corrected chi connectivity index (χ4v) is 2.92. The molecule has 1 amide bonds. The SMILES string of the molecule is CN(CCCCC(=O)O)C1CCCN(c2ccccc2)C1=O.Cl. The molecule has 1 unspecified atom stereocenters. The summed E-state index contributed by atoms with van der Waals surface area (Å²) in [6.45, 7) is 1.53. The standard InChI is InChI=1S/C17H24N2O3.ClH/c1-18(12-6-5-11-16(20)21)15-10-7-13-19(17(15)22)14-8-3-2-4-9-14;/h2-4,8-9,15H,5-7,10-13H2,1H3,(H,20,21);1H. The van der Waals surface area contributed by atoms with Crippen molar-refractivity contribution in [3.05, 3.63) is 30.3 Å². The molecule has 0 aromatic heterocycles. The molecule has 0 saturated carbocycles. The van der Waals surface area contributed by atoms with E-state index in [0.717, 1.165) is 38.0 Å². The summed E-state index contributed by atoms with van der Waals surface area (Å²) in [5, 5.41) is 8.66. The number of carbonyl (C=O) groups is 2. The first-order chi connectivity index (χ1) is 10.6. The van der Waals surface area contributed by atoms with Gasteiger partial charge < -0.3 is 10.0 Å². The number of unbranched alkanes of at least 4 members (excludes halogenated alkanes) is 1. The van der Waals surface area contributed by atoms with E-state index in [4.69, 9.17) is 5.11 Å². The molecule has 0 aliphatic carbocycles. The molecule has 1 aliphatic heterocycles. The number of rotatable bonds is 7. The average molecular weight is 341 g/mol. The van der Waals surface area contributed by atoms with Crippen LogP contribution in [0.15, 0.2) is 30.3 Å².